The van der Waals surface area contributed by atoms with Crippen LogP contribution in [0.15, 0.2) is 59.5 Å². The van der Waals surface area contributed by atoms with Gasteiger partial charge < -0.3 is 9.55 Å². The molecule has 0 saturated carbocycles. The molecular weight excluding hydrogens is 592 g/mol. The molecule has 2 aromatic carbocycles. The van der Waals surface area contributed by atoms with E-state index in [0.717, 1.165) is 34.9 Å². The van der Waals surface area contributed by atoms with Crippen molar-refractivity contribution in [1.29, 1.82) is 0 Å². The van der Waals surface area contributed by atoms with Crippen LogP contribution in [0.5, 0.6) is 0 Å². The first-order valence-electron chi connectivity index (χ1n) is 11.7. The van der Waals surface area contributed by atoms with Crippen LogP contribution in [0.2, 0.25) is 0 Å². The van der Waals surface area contributed by atoms with E-state index in [0.29, 0.717) is 12.3 Å². The zero-order valence-corrected chi connectivity index (χ0v) is 23.0. The average molecular weight is 615 g/mol. The first kappa shape index (κ1) is 29.8. The second kappa shape index (κ2) is 10.7. The van der Waals surface area contributed by atoms with Gasteiger partial charge in [-0.1, -0.05) is 0 Å². The summed E-state index contributed by atoms with van der Waals surface area (Å²) in [6.45, 7) is 0.820. The number of aromatic amines is 1. The summed E-state index contributed by atoms with van der Waals surface area (Å²) in [5.41, 5.74) is -3.31. The van der Waals surface area contributed by atoms with E-state index in [4.69, 9.17) is 0 Å². The molecule has 1 amide bonds. The Balaban J connectivity index is 2.07. The van der Waals surface area contributed by atoms with E-state index in [9.17, 15) is 44.0 Å². The zero-order valence-electron chi connectivity index (χ0n) is 21.3. The van der Waals surface area contributed by atoms with Gasteiger partial charge in [-0.25, -0.2) is 25.9 Å². The maximum atomic E-state index is 15.0. The standard InChI is InChI=1S/C25H22F4N4O6S2/c1-3-41(38,39)31-16-7-8-19(26)14(11-16)13-33-20-9-6-15(25(27,28)29)12-18(20)21(17-5-4-10-30-23(17)34)22(33)24(35)32-40(2,36)37/h4-12,31H,3,13H2,1-2H3,(H,30,34)(H,32,35). The number of nitrogens with zero attached hydrogens (tertiary/aromatic N) is 1. The Morgan fingerprint density at radius 2 is 1.76 bits per heavy atom. The monoisotopic (exact) mass is 614 g/mol. The summed E-state index contributed by atoms with van der Waals surface area (Å²) >= 11 is 0. The van der Waals surface area contributed by atoms with Gasteiger partial charge in [0.15, 0.2) is 0 Å². The number of amides is 1. The Labute approximate surface area is 231 Å². The van der Waals surface area contributed by atoms with Crippen LogP contribution >= 0.6 is 0 Å². The van der Waals surface area contributed by atoms with Crippen LogP contribution in [0.25, 0.3) is 22.0 Å². The van der Waals surface area contributed by atoms with E-state index >= 15 is 0 Å². The third-order valence-corrected chi connectivity index (χ3v) is 7.86. The van der Waals surface area contributed by atoms with Crippen molar-refractivity contribution in [2.45, 2.75) is 19.6 Å². The fourth-order valence-electron chi connectivity index (χ4n) is 4.22. The van der Waals surface area contributed by atoms with Crippen LogP contribution in [0.4, 0.5) is 23.2 Å². The van der Waals surface area contributed by atoms with Crippen molar-refractivity contribution in [2.24, 2.45) is 0 Å². The van der Waals surface area contributed by atoms with Gasteiger partial charge in [0.2, 0.25) is 20.0 Å². The van der Waals surface area contributed by atoms with Gasteiger partial charge in [-0.05, 0) is 55.5 Å². The molecule has 0 fully saturated rings. The summed E-state index contributed by atoms with van der Waals surface area (Å²) < 4.78 is 109. The maximum absolute atomic E-state index is 15.0. The highest BCUT2D eigenvalue weighted by atomic mass is 32.2. The largest absolute Gasteiger partial charge is 0.416 e. The van der Waals surface area contributed by atoms with Gasteiger partial charge >= 0.3 is 6.18 Å². The second-order valence-electron chi connectivity index (χ2n) is 8.97. The van der Waals surface area contributed by atoms with E-state index in [1.165, 1.54) is 25.3 Å². The summed E-state index contributed by atoms with van der Waals surface area (Å²) in [5, 5.41) is -0.238. The van der Waals surface area contributed by atoms with Gasteiger partial charge in [-0.3, -0.25) is 14.3 Å². The highest BCUT2D eigenvalue weighted by Gasteiger charge is 2.33. The van der Waals surface area contributed by atoms with Gasteiger partial charge in [0.1, 0.15) is 11.5 Å². The molecule has 16 heteroatoms. The number of hydrogen-bond donors (Lipinski definition) is 3. The molecule has 4 rings (SSSR count). The Hall–Kier alpha value is -4.18. The van der Waals surface area contributed by atoms with Crippen molar-refractivity contribution in [3.8, 4) is 11.1 Å². The number of fused-ring (bicyclic) bond motifs is 1. The van der Waals surface area contributed by atoms with E-state index in [1.54, 1.807) is 4.72 Å². The normalized spacial score (nSPS) is 12.4. The summed E-state index contributed by atoms with van der Waals surface area (Å²) in [5.74, 6) is -2.43. The number of carbonyl (C=O) groups excluding carboxylic acids is 1. The molecule has 0 atom stereocenters. The number of rotatable bonds is 8. The van der Waals surface area contributed by atoms with Crippen molar-refractivity contribution in [2.75, 3.05) is 16.7 Å². The molecule has 0 aliphatic carbocycles. The number of H-pyrrole nitrogens is 1. The van der Waals surface area contributed by atoms with E-state index < -0.39 is 61.3 Å². The van der Waals surface area contributed by atoms with Crippen LogP contribution in [0, 0.1) is 5.82 Å². The smallest absolute Gasteiger partial charge is 0.331 e. The van der Waals surface area contributed by atoms with E-state index in [2.05, 4.69) is 9.71 Å². The van der Waals surface area contributed by atoms with E-state index in [-0.39, 0.29) is 39.0 Å². The van der Waals surface area contributed by atoms with Crippen molar-refractivity contribution in [1.82, 2.24) is 14.3 Å². The lowest BCUT2D eigenvalue weighted by atomic mass is 10.0. The number of sulfonamides is 2. The number of halogens is 4. The molecule has 2 heterocycles. The fourth-order valence-corrected chi connectivity index (χ4v) is 5.28. The first-order valence-corrected chi connectivity index (χ1v) is 15.3. The van der Waals surface area contributed by atoms with Crippen LogP contribution < -0.4 is 15.0 Å². The SMILES string of the molecule is CCS(=O)(=O)Nc1ccc(F)c(Cn2c(C(=O)NS(C)(=O)=O)c(-c3ccc[nH]c3=O)c3cc(C(F)(F)F)ccc32)c1. The first-order chi connectivity index (χ1) is 19.0. The number of aromatic nitrogens is 2. The zero-order chi connectivity index (χ0) is 30.3. The minimum Gasteiger partial charge on any atom is -0.331 e. The second-order valence-corrected chi connectivity index (χ2v) is 12.7. The molecule has 10 nitrogen and oxygen atoms in total. The molecule has 2 aromatic heterocycles. The Kier molecular flexibility index (Phi) is 7.75. The summed E-state index contributed by atoms with van der Waals surface area (Å²) in [4.78, 5) is 28.5. The highest BCUT2D eigenvalue weighted by Crippen LogP contribution is 2.39. The molecule has 0 aliphatic heterocycles. The molecule has 41 heavy (non-hydrogen) atoms. The van der Waals surface area contributed by atoms with Gasteiger partial charge in [0.25, 0.3) is 11.5 Å². The number of anilines is 1. The van der Waals surface area contributed by atoms with Crippen LogP contribution in [-0.4, -0.2) is 44.3 Å². The lowest BCUT2D eigenvalue weighted by Gasteiger charge is -2.14. The molecule has 0 bridgehead atoms. The number of carbonyl (C=O) groups is 1. The van der Waals surface area contributed by atoms with Crippen molar-refractivity contribution in [3.63, 3.8) is 0 Å². The number of benzene rings is 2. The molecule has 0 radical (unpaired) electrons. The van der Waals surface area contributed by atoms with Crippen LogP contribution in [0.3, 0.4) is 0 Å². The predicted molar refractivity (Wildman–Crippen MR) is 144 cm³/mol. The average Bonchev–Trinajstić information content (AvgIpc) is 3.18. The molecule has 218 valence electrons. The summed E-state index contributed by atoms with van der Waals surface area (Å²) in [6, 6.07) is 8.26. The van der Waals surface area contributed by atoms with Crippen molar-refractivity contribution < 1.29 is 39.2 Å². The highest BCUT2D eigenvalue weighted by molar-refractivity contribution is 7.92. The third-order valence-electron chi connectivity index (χ3n) is 6.00. The van der Waals surface area contributed by atoms with Gasteiger partial charge in [-0.15, -0.1) is 0 Å². The summed E-state index contributed by atoms with van der Waals surface area (Å²) in [6.07, 6.45) is -2.89. The summed E-state index contributed by atoms with van der Waals surface area (Å²) in [7, 11) is -7.97. The van der Waals surface area contributed by atoms with Crippen molar-refractivity contribution >= 4 is 42.5 Å². The van der Waals surface area contributed by atoms with Gasteiger partial charge in [-0.2, -0.15) is 13.2 Å². The molecule has 0 aliphatic rings. The number of alkyl halides is 3. The van der Waals surface area contributed by atoms with Crippen LogP contribution in [0.1, 0.15) is 28.5 Å². The van der Waals surface area contributed by atoms with Gasteiger partial charge in [0, 0.05) is 39.5 Å². The Morgan fingerprint density at radius 3 is 2.37 bits per heavy atom. The minimum absolute atomic E-state index is 0.0269. The minimum atomic E-state index is -4.82. The molecule has 0 saturated heterocycles. The number of hydrogen-bond acceptors (Lipinski definition) is 6. The number of pyridine rings is 1. The molecule has 0 unspecified atom stereocenters. The molecule has 0 spiro atoms. The van der Waals surface area contributed by atoms with E-state index in [1.807, 2.05) is 0 Å². The lowest BCUT2D eigenvalue weighted by molar-refractivity contribution is -0.137. The van der Waals surface area contributed by atoms with Crippen molar-refractivity contribution in [3.05, 3.63) is 87.7 Å². The fraction of sp³-hybridized carbons (Fsp3) is 0.200. The predicted octanol–water partition coefficient (Wildman–Crippen LogP) is 3.65. The van der Waals surface area contributed by atoms with Gasteiger partial charge in [0.05, 0.1) is 24.1 Å². The third kappa shape index (κ3) is 6.43. The molecule has 4 aromatic rings. The maximum Gasteiger partial charge on any atom is 0.416 e. The lowest BCUT2D eigenvalue weighted by Crippen LogP contribution is -2.32. The van der Waals surface area contributed by atoms with Crippen LogP contribution in [-0.2, 0) is 32.8 Å². The molecular formula is C25H22F4N4O6S2. The Bertz CT molecular complexity index is 1950. The number of nitrogens with one attached hydrogen (secondary N) is 3. The quantitative estimate of drug-likeness (QED) is 0.258. The molecule has 3 N–H and O–H groups in total. The topological polar surface area (TPSA) is 147 Å². The Morgan fingerprint density at radius 1 is 1.05 bits per heavy atom.